The molecule has 1 amide bonds. The highest BCUT2D eigenvalue weighted by Crippen LogP contribution is 1.96. The molecule has 6 heteroatoms. The van der Waals surface area contributed by atoms with Gasteiger partial charge in [-0.25, -0.2) is 9.78 Å². The van der Waals surface area contributed by atoms with Crippen molar-refractivity contribution in [3.63, 3.8) is 0 Å². The van der Waals surface area contributed by atoms with E-state index < -0.39 is 5.97 Å². The fraction of sp³-hybridized carbons (Fsp3) is 0.500. The molecule has 1 aromatic rings. The summed E-state index contributed by atoms with van der Waals surface area (Å²) < 4.78 is 4.82. The summed E-state index contributed by atoms with van der Waals surface area (Å²) in [7, 11) is 0. The van der Waals surface area contributed by atoms with Crippen LogP contribution in [0.25, 0.3) is 0 Å². The third kappa shape index (κ3) is 4.90. The lowest BCUT2D eigenvalue weighted by molar-refractivity contribution is -0.124. The van der Waals surface area contributed by atoms with Crippen LogP contribution in [0.1, 0.15) is 37.2 Å². The first-order valence-electron chi connectivity index (χ1n) is 5.86. The van der Waals surface area contributed by atoms with Crippen molar-refractivity contribution in [3.05, 3.63) is 24.3 Å². The molecule has 0 aliphatic rings. The second-order valence-corrected chi connectivity index (χ2v) is 3.92. The molecule has 1 rings (SSSR count). The van der Waals surface area contributed by atoms with E-state index in [0.717, 1.165) is 12.8 Å². The van der Waals surface area contributed by atoms with E-state index in [0.29, 0.717) is 0 Å². The van der Waals surface area contributed by atoms with Gasteiger partial charge >= 0.3 is 5.97 Å². The number of nitrogens with zero attached hydrogens (tertiary/aromatic N) is 2. The van der Waals surface area contributed by atoms with Crippen LogP contribution in [0.2, 0.25) is 0 Å². The van der Waals surface area contributed by atoms with Gasteiger partial charge in [0.05, 0.1) is 6.20 Å². The summed E-state index contributed by atoms with van der Waals surface area (Å²) in [6.07, 6.45) is 6.01. The summed E-state index contributed by atoms with van der Waals surface area (Å²) in [6, 6.07) is 0.0812. The maximum absolute atomic E-state index is 11.5. The van der Waals surface area contributed by atoms with Gasteiger partial charge in [0.15, 0.2) is 12.3 Å². The Morgan fingerprint density at radius 1 is 1.44 bits per heavy atom. The molecule has 1 heterocycles. The first kappa shape index (κ1) is 14.1. The number of carbonyl (C=O) groups is 2. The fourth-order valence-electron chi connectivity index (χ4n) is 1.43. The van der Waals surface area contributed by atoms with E-state index in [1.807, 2.05) is 13.8 Å². The number of carbonyl (C=O) groups excluding carboxylic acids is 2. The van der Waals surface area contributed by atoms with Gasteiger partial charge in [0.1, 0.15) is 0 Å². The Labute approximate surface area is 106 Å². The highest BCUT2D eigenvalue weighted by atomic mass is 16.5. The molecule has 0 aromatic carbocycles. The first-order valence-corrected chi connectivity index (χ1v) is 5.86. The summed E-state index contributed by atoms with van der Waals surface area (Å²) in [6.45, 7) is 3.64. The molecular formula is C12H17N3O3. The van der Waals surface area contributed by atoms with Gasteiger partial charge in [0, 0.05) is 18.4 Å². The molecule has 1 atom stereocenters. The number of rotatable bonds is 6. The summed E-state index contributed by atoms with van der Waals surface area (Å²) in [5.41, 5.74) is 0.0897. The lowest BCUT2D eigenvalue weighted by Crippen LogP contribution is -2.35. The highest BCUT2D eigenvalue weighted by Gasteiger charge is 2.12. The van der Waals surface area contributed by atoms with Crippen molar-refractivity contribution in [1.29, 1.82) is 0 Å². The Bertz CT molecular complexity index is 395. The molecule has 1 unspecified atom stereocenters. The van der Waals surface area contributed by atoms with Crippen molar-refractivity contribution in [2.24, 2.45) is 0 Å². The molecule has 0 spiro atoms. The molecule has 1 aromatic heterocycles. The topological polar surface area (TPSA) is 81.2 Å². The third-order valence-corrected chi connectivity index (χ3v) is 2.24. The van der Waals surface area contributed by atoms with Crippen molar-refractivity contribution in [2.75, 3.05) is 6.61 Å². The lowest BCUT2D eigenvalue weighted by atomic mass is 10.2. The van der Waals surface area contributed by atoms with Crippen molar-refractivity contribution >= 4 is 11.9 Å². The van der Waals surface area contributed by atoms with Crippen LogP contribution in [0.15, 0.2) is 18.6 Å². The van der Waals surface area contributed by atoms with Crippen molar-refractivity contribution < 1.29 is 14.3 Å². The minimum atomic E-state index is -0.651. The number of nitrogens with one attached hydrogen (secondary N) is 1. The van der Waals surface area contributed by atoms with Crippen LogP contribution in [0.4, 0.5) is 0 Å². The summed E-state index contributed by atoms with van der Waals surface area (Å²) >= 11 is 0. The van der Waals surface area contributed by atoms with Crippen LogP contribution in [0, 0.1) is 0 Å². The average Bonchev–Trinajstić information content (AvgIpc) is 2.37. The Hall–Kier alpha value is -1.98. The third-order valence-electron chi connectivity index (χ3n) is 2.24. The Balaban J connectivity index is 2.33. The maximum Gasteiger partial charge on any atom is 0.359 e. The first-order chi connectivity index (χ1) is 8.63. The SMILES string of the molecule is CCCC(C)NC(=O)COC(=O)c1cnccn1. The molecule has 18 heavy (non-hydrogen) atoms. The maximum atomic E-state index is 11.5. The van der Waals surface area contributed by atoms with E-state index >= 15 is 0 Å². The number of esters is 1. The fourth-order valence-corrected chi connectivity index (χ4v) is 1.43. The number of hydrogen-bond acceptors (Lipinski definition) is 5. The van der Waals surface area contributed by atoms with Gasteiger partial charge in [-0.3, -0.25) is 9.78 Å². The Kier molecular flexibility index (Phi) is 5.76. The van der Waals surface area contributed by atoms with Crippen LogP contribution < -0.4 is 5.32 Å². The Morgan fingerprint density at radius 3 is 2.83 bits per heavy atom. The second kappa shape index (κ2) is 7.37. The standard InChI is InChI=1S/C12H17N3O3/c1-3-4-9(2)15-11(16)8-18-12(17)10-7-13-5-6-14-10/h5-7,9H,3-4,8H2,1-2H3,(H,15,16). The van der Waals surface area contributed by atoms with Gasteiger partial charge in [-0.1, -0.05) is 13.3 Å². The van der Waals surface area contributed by atoms with Gasteiger partial charge in [-0.15, -0.1) is 0 Å². The number of ether oxygens (including phenoxy) is 1. The molecule has 0 saturated heterocycles. The minimum absolute atomic E-state index is 0.0812. The number of amides is 1. The molecule has 0 bridgehead atoms. The normalized spacial score (nSPS) is 11.7. The van der Waals surface area contributed by atoms with Crippen LogP contribution in [0.5, 0.6) is 0 Å². The largest absolute Gasteiger partial charge is 0.451 e. The van der Waals surface area contributed by atoms with E-state index in [4.69, 9.17) is 4.74 Å². The van der Waals surface area contributed by atoms with Gasteiger partial charge in [0.2, 0.25) is 0 Å². The summed E-state index contributed by atoms with van der Waals surface area (Å²) in [4.78, 5) is 30.4. The van der Waals surface area contributed by atoms with Crippen LogP contribution in [0.3, 0.4) is 0 Å². The second-order valence-electron chi connectivity index (χ2n) is 3.92. The van der Waals surface area contributed by atoms with E-state index in [2.05, 4.69) is 15.3 Å². The predicted molar refractivity (Wildman–Crippen MR) is 64.8 cm³/mol. The summed E-state index contributed by atoms with van der Waals surface area (Å²) in [5, 5.41) is 2.74. The van der Waals surface area contributed by atoms with Crippen LogP contribution in [-0.2, 0) is 9.53 Å². The molecule has 0 aliphatic heterocycles. The molecule has 1 N–H and O–H groups in total. The number of hydrogen-bond donors (Lipinski definition) is 1. The number of aromatic nitrogens is 2. The van der Waals surface area contributed by atoms with E-state index in [1.165, 1.54) is 18.6 Å². The van der Waals surface area contributed by atoms with E-state index in [-0.39, 0.29) is 24.2 Å². The zero-order valence-corrected chi connectivity index (χ0v) is 10.5. The summed E-state index contributed by atoms with van der Waals surface area (Å²) in [5.74, 6) is -0.963. The van der Waals surface area contributed by atoms with E-state index in [9.17, 15) is 9.59 Å². The van der Waals surface area contributed by atoms with Gasteiger partial charge in [0.25, 0.3) is 5.91 Å². The molecule has 0 aliphatic carbocycles. The van der Waals surface area contributed by atoms with Gasteiger partial charge < -0.3 is 10.1 Å². The molecular weight excluding hydrogens is 234 g/mol. The molecule has 98 valence electrons. The lowest BCUT2D eigenvalue weighted by Gasteiger charge is -2.12. The zero-order valence-electron chi connectivity index (χ0n) is 10.5. The van der Waals surface area contributed by atoms with Crippen LogP contribution >= 0.6 is 0 Å². The Morgan fingerprint density at radius 2 is 2.22 bits per heavy atom. The smallest absolute Gasteiger partial charge is 0.359 e. The molecule has 0 radical (unpaired) electrons. The zero-order chi connectivity index (χ0) is 13.4. The minimum Gasteiger partial charge on any atom is -0.451 e. The van der Waals surface area contributed by atoms with Crippen molar-refractivity contribution in [3.8, 4) is 0 Å². The molecule has 6 nitrogen and oxygen atoms in total. The molecule has 0 fully saturated rings. The molecule has 0 saturated carbocycles. The van der Waals surface area contributed by atoms with Gasteiger partial charge in [-0.05, 0) is 13.3 Å². The van der Waals surface area contributed by atoms with Crippen molar-refractivity contribution in [2.45, 2.75) is 32.7 Å². The highest BCUT2D eigenvalue weighted by molar-refractivity contribution is 5.89. The van der Waals surface area contributed by atoms with Crippen LogP contribution in [-0.4, -0.2) is 34.5 Å². The van der Waals surface area contributed by atoms with Gasteiger partial charge in [-0.2, -0.15) is 0 Å². The monoisotopic (exact) mass is 251 g/mol. The van der Waals surface area contributed by atoms with E-state index in [1.54, 1.807) is 0 Å². The average molecular weight is 251 g/mol. The quantitative estimate of drug-likeness (QED) is 0.761. The predicted octanol–water partition coefficient (Wildman–Crippen LogP) is 0.938. The van der Waals surface area contributed by atoms with Crippen molar-refractivity contribution in [1.82, 2.24) is 15.3 Å².